The topological polar surface area (TPSA) is 195 Å². The molecular weight excluding hydrogens is 468 g/mol. The number of fused-ring (bicyclic) bond motifs is 1. The standard InChI is InChI=1S/C25H28N4O7/c26-18(9-10-22(31)32)23(33)28-20(11-14-5-7-16(30)8-6-14)24(34)29-21(25(35)36)12-15-13-27-19-4-2-1-3-17(15)19/h1-8,13,18,20-21,27,30H,9-12,26H2,(H,28,33)(H,29,34)(H,31,32)(H,35,36). The van der Waals surface area contributed by atoms with E-state index >= 15 is 0 Å². The Morgan fingerprint density at radius 1 is 0.889 bits per heavy atom. The van der Waals surface area contributed by atoms with Crippen molar-refractivity contribution in [2.45, 2.75) is 43.8 Å². The van der Waals surface area contributed by atoms with Crippen molar-refractivity contribution < 1.29 is 34.5 Å². The summed E-state index contributed by atoms with van der Waals surface area (Å²) in [5.74, 6) is -3.82. The van der Waals surface area contributed by atoms with Crippen molar-refractivity contribution in [2.24, 2.45) is 5.73 Å². The molecule has 2 amide bonds. The molecule has 11 heteroatoms. The number of nitrogens with two attached hydrogens (primary N) is 1. The predicted octanol–water partition coefficient (Wildman–Crippen LogP) is 0.905. The first-order chi connectivity index (χ1) is 17.1. The molecule has 3 rings (SSSR count). The molecule has 11 nitrogen and oxygen atoms in total. The van der Waals surface area contributed by atoms with Crippen molar-refractivity contribution in [1.82, 2.24) is 15.6 Å². The Bertz CT molecular complexity index is 1240. The number of benzene rings is 2. The zero-order chi connectivity index (χ0) is 26.2. The van der Waals surface area contributed by atoms with Crippen LogP contribution in [0.1, 0.15) is 24.0 Å². The van der Waals surface area contributed by atoms with Crippen LogP contribution < -0.4 is 16.4 Å². The molecule has 0 saturated carbocycles. The van der Waals surface area contributed by atoms with Crippen LogP contribution in [-0.2, 0) is 32.0 Å². The van der Waals surface area contributed by atoms with E-state index in [4.69, 9.17) is 10.8 Å². The number of aromatic hydroxyl groups is 1. The van der Waals surface area contributed by atoms with Crippen LogP contribution in [0.25, 0.3) is 10.9 Å². The number of hydrogen-bond acceptors (Lipinski definition) is 6. The summed E-state index contributed by atoms with van der Waals surface area (Å²) in [5, 5.41) is 33.9. The van der Waals surface area contributed by atoms with Crippen LogP contribution in [0, 0.1) is 0 Å². The second-order valence-corrected chi connectivity index (χ2v) is 8.43. The lowest BCUT2D eigenvalue weighted by Crippen LogP contribution is -2.55. The number of rotatable bonds is 12. The first kappa shape index (κ1) is 26.2. The molecule has 2 aromatic carbocycles. The molecule has 0 saturated heterocycles. The highest BCUT2D eigenvalue weighted by Gasteiger charge is 2.29. The highest BCUT2D eigenvalue weighted by molar-refractivity contribution is 5.92. The molecule has 1 heterocycles. The number of phenols is 1. The smallest absolute Gasteiger partial charge is 0.326 e. The van der Waals surface area contributed by atoms with Gasteiger partial charge in [0.25, 0.3) is 0 Å². The third kappa shape index (κ3) is 7.06. The minimum atomic E-state index is -1.28. The second kappa shape index (κ2) is 11.8. The average molecular weight is 497 g/mol. The van der Waals surface area contributed by atoms with Crippen LogP contribution in [0.5, 0.6) is 5.75 Å². The quantitative estimate of drug-likeness (QED) is 0.192. The Kier molecular flexibility index (Phi) is 8.63. The first-order valence-corrected chi connectivity index (χ1v) is 11.3. The fourth-order valence-corrected chi connectivity index (χ4v) is 3.76. The van der Waals surface area contributed by atoms with E-state index in [1.54, 1.807) is 18.3 Å². The number of amides is 2. The van der Waals surface area contributed by atoms with Crippen LogP contribution >= 0.6 is 0 Å². The van der Waals surface area contributed by atoms with Gasteiger partial charge in [-0.3, -0.25) is 14.4 Å². The number of aromatic nitrogens is 1. The third-order valence-corrected chi connectivity index (χ3v) is 5.73. The zero-order valence-corrected chi connectivity index (χ0v) is 19.3. The minimum Gasteiger partial charge on any atom is -0.508 e. The molecule has 0 aliphatic heterocycles. The summed E-state index contributed by atoms with van der Waals surface area (Å²) in [7, 11) is 0. The number of carboxylic acids is 2. The summed E-state index contributed by atoms with van der Waals surface area (Å²) >= 11 is 0. The molecular formula is C25H28N4O7. The number of aliphatic carboxylic acids is 2. The summed E-state index contributed by atoms with van der Waals surface area (Å²) in [5.41, 5.74) is 7.91. The van der Waals surface area contributed by atoms with Crippen LogP contribution in [0.15, 0.2) is 54.7 Å². The second-order valence-electron chi connectivity index (χ2n) is 8.43. The number of H-pyrrole nitrogens is 1. The summed E-state index contributed by atoms with van der Waals surface area (Å²) in [6.07, 6.45) is 1.22. The van der Waals surface area contributed by atoms with Gasteiger partial charge in [-0.1, -0.05) is 30.3 Å². The molecule has 0 radical (unpaired) electrons. The van der Waals surface area contributed by atoms with Gasteiger partial charge in [-0.15, -0.1) is 0 Å². The van der Waals surface area contributed by atoms with Crippen LogP contribution in [0.4, 0.5) is 0 Å². The lowest BCUT2D eigenvalue weighted by Gasteiger charge is -2.23. The number of phenolic OH excluding ortho intramolecular Hbond substituents is 1. The van der Waals surface area contributed by atoms with E-state index in [0.29, 0.717) is 11.1 Å². The van der Waals surface area contributed by atoms with Crippen molar-refractivity contribution in [3.63, 3.8) is 0 Å². The molecule has 0 aliphatic rings. The van der Waals surface area contributed by atoms with Gasteiger partial charge < -0.3 is 36.7 Å². The SMILES string of the molecule is NC(CCC(=O)O)C(=O)NC(Cc1ccc(O)cc1)C(=O)NC(Cc1c[nH]c2ccccc12)C(=O)O. The Labute approximate surface area is 206 Å². The van der Waals surface area contributed by atoms with Crippen molar-refractivity contribution in [2.75, 3.05) is 0 Å². The maximum Gasteiger partial charge on any atom is 0.326 e. The van der Waals surface area contributed by atoms with Crippen molar-refractivity contribution >= 4 is 34.7 Å². The summed E-state index contributed by atoms with van der Waals surface area (Å²) in [6.45, 7) is 0. The number of carbonyl (C=O) groups excluding carboxylic acids is 2. The van der Waals surface area contributed by atoms with Crippen LogP contribution in [0.2, 0.25) is 0 Å². The van der Waals surface area contributed by atoms with E-state index in [2.05, 4.69) is 15.6 Å². The minimum absolute atomic E-state index is 0.00306. The first-order valence-electron chi connectivity index (χ1n) is 11.3. The Hall–Kier alpha value is -4.38. The number of aromatic amines is 1. The molecule has 0 fully saturated rings. The van der Waals surface area contributed by atoms with Crippen LogP contribution in [-0.4, -0.2) is 62.2 Å². The molecule has 8 N–H and O–H groups in total. The lowest BCUT2D eigenvalue weighted by molar-refractivity contribution is -0.142. The van der Waals surface area contributed by atoms with Gasteiger partial charge in [-0.2, -0.15) is 0 Å². The van der Waals surface area contributed by atoms with E-state index in [0.717, 1.165) is 10.9 Å². The maximum absolute atomic E-state index is 13.2. The number of nitrogens with one attached hydrogen (secondary N) is 3. The van der Waals surface area contributed by atoms with Gasteiger partial charge in [0, 0.05) is 36.4 Å². The van der Waals surface area contributed by atoms with Gasteiger partial charge in [-0.05, 0) is 35.7 Å². The van der Waals surface area contributed by atoms with Crippen molar-refractivity contribution in [3.8, 4) is 5.75 Å². The summed E-state index contributed by atoms with van der Waals surface area (Å²) < 4.78 is 0. The number of para-hydroxylation sites is 1. The predicted molar refractivity (Wildman–Crippen MR) is 130 cm³/mol. The van der Waals surface area contributed by atoms with Gasteiger partial charge in [0.15, 0.2) is 0 Å². The van der Waals surface area contributed by atoms with Crippen molar-refractivity contribution in [1.29, 1.82) is 0 Å². The zero-order valence-electron chi connectivity index (χ0n) is 19.3. The normalized spacial score (nSPS) is 13.5. The highest BCUT2D eigenvalue weighted by atomic mass is 16.4. The molecule has 36 heavy (non-hydrogen) atoms. The molecule has 3 unspecified atom stereocenters. The van der Waals surface area contributed by atoms with E-state index < -0.39 is 41.9 Å². The Morgan fingerprint density at radius 3 is 2.22 bits per heavy atom. The van der Waals surface area contributed by atoms with Gasteiger partial charge in [-0.25, -0.2) is 4.79 Å². The molecule has 0 bridgehead atoms. The number of carboxylic acid groups (broad SMARTS) is 2. The third-order valence-electron chi connectivity index (χ3n) is 5.73. The Morgan fingerprint density at radius 2 is 1.56 bits per heavy atom. The largest absolute Gasteiger partial charge is 0.508 e. The van der Waals surface area contributed by atoms with Crippen molar-refractivity contribution in [3.05, 3.63) is 65.9 Å². The van der Waals surface area contributed by atoms with E-state index in [1.165, 1.54) is 12.1 Å². The molecule has 190 valence electrons. The van der Waals surface area contributed by atoms with E-state index in [-0.39, 0.29) is 31.4 Å². The molecule has 1 aromatic heterocycles. The highest BCUT2D eigenvalue weighted by Crippen LogP contribution is 2.19. The van der Waals surface area contributed by atoms with Gasteiger partial charge in [0.05, 0.1) is 6.04 Å². The number of hydrogen-bond donors (Lipinski definition) is 7. The molecule has 3 atom stereocenters. The van der Waals surface area contributed by atoms with E-state index in [9.17, 15) is 29.4 Å². The monoisotopic (exact) mass is 496 g/mol. The molecule has 3 aromatic rings. The lowest BCUT2D eigenvalue weighted by atomic mass is 10.0. The maximum atomic E-state index is 13.2. The summed E-state index contributed by atoms with van der Waals surface area (Å²) in [6, 6.07) is 9.68. The summed E-state index contributed by atoms with van der Waals surface area (Å²) in [4.78, 5) is 51.6. The fourth-order valence-electron chi connectivity index (χ4n) is 3.76. The van der Waals surface area contributed by atoms with Gasteiger partial charge in [0.2, 0.25) is 11.8 Å². The average Bonchev–Trinajstić information content (AvgIpc) is 3.25. The molecule has 0 spiro atoms. The number of carbonyl (C=O) groups is 4. The molecule has 0 aliphatic carbocycles. The Balaban J connectivity index is 1.77. The van der Waals surface area contributed by atoms with Gasteiger partial charge >= 0.3 is 11.9 Å². The van der Waals surface area contributed by atoms with E-state index in [1.807, 2.05) is 24.3 Å². The van der Waals surface area contributed by atoms with Gasteiger partial charge in [0.1, 0.15) is 17.8 Å². The fraction of sp³-hybridized carbons (Fsp3) is 0.280. The van der Waals surface area contributed by atoms with Crippen LogP contribution in [0.3, 0.4) is 0 Å².